The number of hydrogen-bond acceptors (Lipinski definition) is 6. The van der Waals surface area contributed by atoms with E-state index in [9.17, 15) is 4.79 Å². The van der Waals surface area contributed by atoms with Gasteiger partial charge in [0.25, 0.3) is 5.56 Å². The Morgan fingerprint density at radius 1 is 1.20 bits per heavy atom. The average Bonchev–Trinajstić information content (AvgIpc) is 3.33. The van der Waals surface area contributed by atoms with Crippen molar-refractivity contribution in [2.24, 2.45) is 0 Å². The van der Waals surface area contributed by atoms with E-state index >= 15 is 0 Å². The van der Waals surface area contributed by atoms with Crippen molar-refractivity contribution in [1.29, 1.82) is 0 Å². The van der Waals surface area contributed by atoms with Gasteiger partial charge in [-0.1, -0.05) is 62.9 Å². The lowest BCUT2D eigenvalue weighted by Gasteiger charge is -2.19. The summed E-state index contributed by atoms with van der Waals surface area (Å²) in [4.78, 5) is 17.5. The standard InChI is InChI=1S/C22H23N5OS2/c1-5-10-27-19(15-6-8-16(9-7-15)22(2,3)4)24-25-21(27)30-14-17-13-18(28)26-11-12-29-20(26)23-17/h5-9,11-13H,1,10,14H2,2-4H3. The molecule has 0 bridgehead atoms. The maximum absolute atomic E-state index is 12.2. The van der Waals surface area contributed by atoms with Crippen LogP contribution < -0.4 is 5.56 Å². The van der Waals surface area contributed by atoms with Crippen LogP contribution in [0.3, 0.4) is 0 Å². The van der Waals surface area contributed by atoms with E-state index in [1.807, 2.05) is 16.0 Å². The van der Waals surface area contributed by atoms with Crippen molar-refractivity contribution in [2.75, 3.05) is 0 Å². The third-order valence-electron chi connectivity index (χ3n) is 4.74. The Morgan fingerprint density at radius 2 is 1.97 bits per heavy atom. The first-order chi connectivity index (χ1) is 14.4. The van der Waals surface area contributed by atoms with Crippen molar-refractivity contribution in [1.82, 2.24) is 24.1 Å². The molecule has 0 aliphatic carbocycles. The molecule has 0 spiro atoms. The van der Waals surface area contributed by atoms with E-state index in [0.29, 0.717) is 17.3 Å². The number of hydrogen-bond donors (Lipinski definition) is 0. The third-order valence-corrected chi connectivity index (χ3v) is 6.50. The topological polar surface area (TPSA) is 65.1 Å². The molecule has 4 aromatic rings. The first-order valence-electron chi connectivity index (χ1n) is 9.60. The average molecular weight is 438 g/mol. The van der Waals surface area contributed by atoms with Crippen LogP contribution in [0.5, 0.6) is 0 Å². The van der Waals surface area contributed by atoms with Crippen LogP contribution in [0.4, 0.5) is 0 Å². The maximum atomic E-state index is 12.2. The Kier molecular flexibility index (Phi) is 5.62. The second-order valence-corrected chi connectivity index (χ2v) is 9.78. The number of rotatable bonds is 6. The lowest BCUT2D eigenvalue weighted by molar-refractivity contribution is 0.590. The Morgan fingerprint density at radius 3 is 2.67 bits per heavy atom. The highest BCUT2D eigenvalue weighted by Crippen LogP contribution is 2.28. The van der Waals surface area contributed by atoms with Gasteiger partial charge < -0.3 is 0 Å². The normalized spacial score (nSPS) is 11.8. The largest absolute Gasteiger partial charge is 0.298 e. The highest BCUT2D eigenvalue weighted by molar-refractivity contribution is 7.98. The number of nitrogens with zero attached hydrogens (tertiary/aromatic N) is 5. The zero-order valence-corrected chi connectivity index (χ0v) is 18.8. The number of aromatic nitrogens is 5. The number of fused-ring (bicyclic) bond motifs is 1. The van der Waals surface area contributed by atoms with Gasteiger partial charge in [0.05, 0.1) is 5.69 Å². The zero-order chi connectivity index (χ0) is 21.3. The Balaban J connectivity index is 1.60. The lowest BCUT2D eigenvalue weighted by Crippen LogP contribution is -2.12. The third kappa shape index (κ3) is 4.11. The first kappa shape index (κ1) is 20.6. The molecule has 0 aliphatic heterocycles. The van der Waals surface area contributed by atoms with Crippen LogP contribution in [-0.4, -0.2) is 24.1 Å². The molecule has 154 valence electrons. The summed E-state index contributed by atoms with van der Waals surface area (Å²) in [5, 5.41) is 11.5. The molecular formula is C22H23N5OS2. The van der Waals surface area contributed by atoms with E-state index in [2.05, 4.69) is 66.8 Å². The number of allylic oxidation sites excluding steroid dienone is 1. The molecule has 0 aliphatic rings. The van der Waals surface area contributed by atoms with Crippen LogP contribution in [0.1, 0.15) is 32.0 Å². The minimum Gasteiger partial charge on any atom is -0.298 e. The fourth-order valence-electron chi connectivity index (χ4n) is 3.12. The van der Waals surface area contributed by atoms with Gasteiger partial charge in [0, 0.05) is 35.5 Å². The molecule has 6 nitrogen and oxygen atoms in total. The minimum atomic E-state index is -0.0657. The highest BCUT2D eigenvalue weighted by atomic mass is 32.2. The van der Waals surface area contributed by atoms with Crippen molar-refractivity contribution in [3.05, 3.63) is 76.2 Å². The summed E-state index contributed by atoms with van der Waals surface area (Å²) in [6.45, 7) is 11.1. The van der Waals surface area contributed by atoms with E-state index in [4.69, 9.17) is 0 Å². The summed E-state index contributed by atoms with van der Waals surface area (Å²) in [5.41, 5.74) is 3.06. The predicted molar refractivity (Wildman–Crippen MR) is 123 cm³/mol. The molecule has 1 aromatic carbocycles. The molecule has 4 rings (SSSR count). The fourth-order valence-corrected chi connectivity index (χ4v) is 4.70. The van der Waals surface area contributed by atoms with Crippen molar-refractivity contribution in [3.8, 4) is 11.4 Å². The van der Waals surface area contributed by atoms with Crippen LogP contribution in [0.25, 0.3) is 16.3 Å². The van der Waals surface area contributed by atoms with E-state index in [-0.39, 0.29) is 11.0 Å². The van der Waals surface area contributed by atoms with Crippen molar-refractivity contribution < 1.29 is 0 Å². The number of benzene rings is 1. The predicted octanol–water partition coefficient (Wildman–Crippen LogP) is 4.79. The maximum Gasteiger partial charge on any atom is 0.258 e. The molecule has 0 N–H and O–H groups in total. The van der Waals surface area contributed by atoms with Crippen molar-refractivity contribution in [3.63, 3.8) is 0 Å². The van der Waals surface area contributed by atoms with Crippen LogP contribution in [-0.2, 0) is 17.7 Å². The number of thiazole rings is 1. The van der Waals surface area contributed by atoms with Crippen LogP contribution >= 0.6 is 23.1 Å². The SMILES string of the molecule is C=CCn1c(SCc2cc(=O)n3ccsc3n2)nnc1-c1ccc(C(C)(C)C)cc1. The van der Waals surface area contributed by atoms with Gasteiger partial charge in [-0.05, 0) is 11.0 Å². The molecule has 0 radical (unpaired) electrons. The minimum absolute atomic E-state index is 0.0657. The molecular weight excluding hydrogens is 414 g/mol. The lowest BCUT2D eigenvalue weighted by atomic mass is 9.87. The van der Waals surface area contributed by atoms with Crippen LogP contribution in [0.15, 0.2) is 64.5 Å². The highest BCUT2D eigenvalue weighted by Gasteiger charge is 2.17. The molecule has 3 heterocycles. The second-order valence-electron chi connectivity index (χ2n) is 7.96. The van der Waals surface area contributed by atoms with Crippen molar-refractivity contribution >= 4 is 28.1 Å². The second kappa shape index (κ2) is 8.20. The summed E-state index contributed by atoms with van der Waals surface area (Å²) >= 11 is 2.97. The molecule has 30 heavy (non-hydrogen) atoms. The van der Waals surface area contributed by atoms with Gasteiger partial charge in [0.2, 0.25) is 0 Å². The molecule has 0 unspecified atom stereocenters. The monoisotopic (exact) mass is 437 g/mol. The molecule has 0 amide bonds. The molecule has 8 heteroatoms. The van der Waals surface area contributed by atoms with Crippen molar-refractivity contribution in [2.45, 2.75) is 43.6 Å². The van der Waals surface area contributed by atoms with E-state index in [1.165, 1.54) is 28.7 Å². The quantitative estimate of drug-likeness (QED) is 0.320. The van der Waals surface area contributed by atoms with Gasteiger partial charge in [-0.2, -0.15) is 0 Å². The van der Waals surface area contributed by atoms with E-state index in [0.717, 1.165) is 22.2 Å². The van der Waals surface area contributed by atoms with E-state index in [1.54, 1.807) is 16.7 Å². The Labute approximate surface area is 183 Å². The summed E-state index contributed by atoms with van der Waals surface area (Å²) in [7, 11) is 0. The smallest absolute Gasteiger partial charge is 0.258 e. The fraction of sp³-hybridized carbons (Fsp3) is 0.273. The van der Waals surface area contributed by atoms with Gasteiger partial charge in [-0.3, -0.25) is 13.8 Å². The van der Waals surface area contributed by atoms with E-state index < -0.39 is 0 Å². The molecule has 0 saturated heterocycles. The van der Waals surface area contributed by atoms with Gasteiger partial charge in [-0.15, -0.1) is 28.1 Å². The van der Waals surface area contributed by atoms with Gasteiger partial charge in [0.15, 0.2) is 15.9 Å². The number of thioether (sulfide) groups is 1. The van der Waals surface area contributed by atoms with Crippen LogP contribution in [0, 0.1) is 0 Å². The van der Waals surface area contributed by atoms with Gasteiger partial charge in [0.1, 0.15) is 0 Å². The van der Waals surface area contributed by atoms with Gasteiger partial charge in [-0.25, -0.2) is 4.98 Å². The molecule has 3 aromatic heterocycles. The molecule has 0 fully saturated rings. The first-order valence-corrected chi connectivity index (χ1v) is 11.5. The summed E-state index contributed by atoms with van der Waals surface area (Å²) in [5.74, 6) is 1.35. The zero-order valence-electron chi connectivity index (χ0n) is 17.2. The molecule has 0 atom stereocenters. The summed E-state index contributed by atoms with van der Waals surface area (Å²) in [6.07, 6.45) is 3.58. The Hall–Kier alpha value is -2.71. The van der Waals surface area contributed by atoms with Gasteiger partial charge >= 0.3 is 0 Å². The van der Waals surface area contributed by atoms with Crippen LogP contribution in [0.2, 0.25) is 0 Å². The Bertz CT molecular complexity index is 1250. The summed E-state index contributed by atoms with van der Waals surface area (Å²) in [6, 6.07) is 10.0. The summed E-state index contributed by atoms with van der Waals surface area (Å²) < 4.78 is 3.60. The molecule has 0 saturated carbocycles.